The van der Waals surface area contributed by atoms with E-state index in [0.717, 1.165) is 0 Å². The predicted octanol–water partition coefficient (Wildman–Crippen LogP) is 2.55. The number of alkyl halides is 3. The Morgan fingerprint density at radius 1 is 0.895 bits per heavy atom. The van der Waals surface area contributed by atoms with E-state index in [2.05, 4.69) is 4.74 Å². The Morgan fingerprint density at radius 3 is 1.68 bits per heavy atom. The van der Waals surface area contributed by atoms with Gasteiger partial charge in [-0.25, -0.2) is 21.6 Å². The molecule has 0 radical (unpaired) electrons. The molecule has 1 aromatic carbocycles. The highest BCUT2D eigenvalue weighted by molar-refractivity contribution is 7.90. The first-order valence-corrected chi connectivity index (χ1v) is 6.07. The zero-order valence-electron chi connectivity index (χ0n) is 8.78. The molecule has 11 heteroatoms. The molecule has 0 aliphatic heterocycles. The van der Waals surface area contributed by atoms with Crippen molar-refractivity contribution in [1.82, 2.24) is 0 Å². The quantitative estimate of drug-likeness (QED) is 0.365. The van der Waals surface area contributed by atoms with E-state index in [0.29, 0.717) is 0 Å². The van der Waals surface area contributed by atoms with E-state index in [1.165, 1.54) is 0 Å². The molecule has 108 valence electrons. The third-order valence-corrected chi connectivity index (χ3v) is 2.88. The molecular formula is C8H3F7O3S. The summed E-state index contributed by atoms with van der Waals surface area (Å²) in [6.07, 6.45) is -5.46. The molecule has 0 saturated heterocycles. The zero-order chi connectivity index (χ0) is 15.2. The van der Waals surface area contributed by atoms with Gasteiger partial charge in [-0.15, -0.1) is 13.2 Å². The van der Waals surface area contributed by atoms with Crippen LogP contribution in [0.15, 0.2) is 4.90 Å². The van der Waals surface area contributed by atoms with Gasteiger partial charge in [0, 0.05) is 6.26 Å². The molecule has 19 heavy (non-hydrogen) atoms. The Labute approximate surface area is 101 Å². The third-order valence-electron chi connectivity index (χ3n) is 1.77. The molecule has 0 saturated carbocycles. The van der Waals surface area contributed by atoms with Crippen LogP contribution in [0.3, 0.4) is 0 Å². The molecule has 0 heterocycles. The lowest BCUT2D eigenvalue weighted by Gasteiger charge is -2.14. The fourth-order valence-electron chi connectivity index (χ4n) is 1.13. The second-order valence-electron chi connectivity index (χ2n) is 3.23. The summed E-state index contributed by atoms with van der Waals surface area (Å²) in [6, 6.07) is 0. The maximum atomic E-state index is 13.2. The topological polar surface area (TPSA) is 43.4 Å². The lowest BCUT2D eigenvalue weighted by molar-refractivity contribution is -0.276. The van der Waals surface area contributed by atoms with Crippen LogP contribution in [0.1, 0.15) is 0 Å². The Hall–Kier alpha value is -1.52. The smallest absolute Gasteiger partial charge is 0.401 e. The number of rotatable bonds is 2. The first kappa shape index (κ1) is 15.5. The molecule has 0 fully saturated rings. The maximum absolute atomic E-state index is 13.2. The van der Waals surface area contributed by atoms with E-state index >= 15 is 0 Å². The summed E-state index contributed by atoms with van der Waals surface area (Å²) in [5.41, 5.74) is 0. The van der Waals surface area contributed by atoms with E-state index in [9.17, 15) is 39.2 Å². The summed E-state index contributed by atoms with van der Waals surface area (Å²) in [5, 5.41) is 0. The Morgan fingerprint density at radius 2 is 1.32 bits per heavy atom. The second kappa shape index (κ2) is 4.54. The SMILES string of the molecule is CS(=O)(=O)c1c(F)c(F)c(F)c(F)c1OC(F)(F)F. The van der Waals surface area contributed by atoms with Crippen molar-refractivity contribution in [2.75, 3.05) is 6.26 Å². The van der Waals surface area contributed by atoms with Crippen LogP contribution in [-0.4, -0.2) is 21.0 Å². The Kier molecular flexibility index (Phi) is 3.72. The van der Waals surface area contributed by atoms with Gasteiger partial charge >= 0.3 is 6.36 Å². The van der Waals surface area contributed by atoms with Crippen LogP contribution in [-0.2, 0) is 9.84 Å². The lowest BCUT2D eigenvalue weighted by atomic mass is 10.3. The number of halogens is 7. The van der Waals surface area contributed by atoms with Crippen LogP contribution in [0, 0.1) is 23.3 Å². The number of hydrogen-bond donors (Lipinski definition) is 0. The molecule has 0 aromatic heterocycles. The van der Waals surface area contributed by atoms with Gasteiger partial charge in [0.05, 0.1) is 0 Å². The van der Waals surface area contributed by atoms with Gasteiger partial charge in [-0.2, -0.15) is 4.39 Å². The van der Waals surface area contributed by atoms with Gasteiger partial charge in [-0.05, 0) is 0 Å². The van der Waals surface area contributed by atoms with Crippen LogP contribution in [0.4, 0.5) is 30.7 Å². The van der Waals surface area contributed by atoms with Crippen molar-refractivity contribution in [3.05, 3.63) is 23.3 Å². The van der Waals surface area contributed by atoms with E-state index in [-0.39, 0.29) is 6.26 Å². The van der Waals surface area contributed by atoms with Gasteiger partial charge in [0.1, 0.15) is 0 Å². The van der Waals surface area contributed by atoms with Gasteiger partial charge < -0.3 is 4.74 Å². The Bertz CT molecular complexity index is 620. The molecule has 0 unspecified atom stereocenters. The molecular weight excluding hydrogens is 309 g/mol. The summed E-state index contributed by atoms with van der Waals surface area (Å²) in [6.45, 7) is 0. The van der Waals surface area contributed by atoms with E-state index < -0.39 is 50.1 Å². The van der Waals surface area contributed by atoms with E-state index in [1.54, 1.807) is 0 Å². The average Bonchev–Trinajstić information content (AvgIpc) is 2.19. The standard InChI is InChI=1S/C8H3F7O3S/c1-19(16,17)7-5(12)3(10)2(9)4(11)6(7)18-8(13,14)15/h1H3. The molecule has 0 amide bonds. The van der Waals surface area contributed by atoms with Crippen molar-refractivity contribution in [1.29, 1.82) is 0 Å². The van der Waals surface area contributed by atoms with E-state index in [4.69, 9.17) is 0 Å². The van der Waals surface area contributed by atoms with Gasteiger partial charge in [-0.3, -0.25) is 0 Å². The number of benzene rings is 1. The van der Waals surface area contributed by atoms with Gasteiger partial charge in [-0.1, -0.05) is 0 Å². The molecule has 1 aromatic rings. The molecule has 0 aliphatic rings. The van der Waals surface area contributed by atoms with Gasteiger partial charge in [0.15, 0.2) is 32.1 Å². The normalized spacial score (nSPS) is 12.6. The van der Waals surface area contributed by atoms with Crippen molar-refractivity contribution < 1.29 is 43.9 Å². The molecule has 0 N–H and O–H groups in total. The molecule has 3 nitrogen and oxygen atoms in total. The third kappa shape index (κ3) is 3.08. The lowest BCUT2D eigenvalue weighted by Crippen LogP contribution is -2.21. The minimum Gasteiger partial charge on any atom is -0.401 e. The molecule has 1 rings (SSSR count). The first-order chi connectivity index (χ1) is 8.36. The summed E-state index contributed by atoms with van der Waals surface area (Å²) >= 11 is 0. The van der Waals surface area contributed by atoms with Crippen molar-refractivity contribution in [2.45, 2.75) is 11.3 Å². The summed E-state index contributed by atoms with van der Waals surface area (Å²) in [5.74, 6) is -12.6. The van der Waals surface area contributed by atoms with Gasteiger partial charge in [0.25, 0.3) is 0 Å². The minimum atomic E-state index is -5.63. The number of hydrogen-bond acceptors (Lipinski definition) is 3. The largest absolute Gasteiger partial charge is 0.573 e. The highest BCUT2D eigenvalue weighted by Gasteiger charge is 2.39. The number of sulfone groups is 1. The number of ether oxygens (including phenoxy) is 1. The van der Waals surface area contributed by atoms with Crippen LogP contribution in [0.2, 0.25) is 0 Å². The van der Waals surface area contributed by atoms with Crippen LogP contribution in [0.5, 0.6) is 5.75 Å². The molecule has 0 atom stereocenters. The fraction of sp³-hybridized carbons (Fsp3) is 0.250. The van der Waals surface area contributed by atoms with Gasteiger partial charge in [0.2, 0.25) is 11.6 Å². The maximum Gasteiger partial charge on any atom is 0.573 e. The highest BCUT2D eigenvalue weighted by atomic mass is 32.2. The van der Waals surface area contributed by atoms with Crippen LogP contribution in [0.25, 0.3) is 0 Å². The monoisotopic (exact) mass is 312 g/mol. The molecule has 0 bridgehead atoms. The predicted molar refractivity (Wildman–Crippen MR) is 46.1 cm³/mol. The fourth-order valence-corrected chi connectivity index (χ4v) is 2.01. The Balaban J connectivity index is 3.78. The van der Waals surface area contributed by atoms with Crippen molar-refractivity contribution >= 4 is 9.84 Å². The summed E-state index contributed by atoms with van der Waals surface area (Å²) < 4.78 is 113. The van der Waals surface area contributed by atoms with Crippen molar-refractivity contribution in [2.24, 2.45) is 0 Å². The minimum absolute atomic E-state index is 0.172. The molecule has 0 aliphatic carbocycles. The average molecular weight is 312 g/mol. The van der Waals surface area contributed by atoms with Crippen molar-refractivity contribution in [3.8, 4) is 5.75 Å². The second-order valence-corrected chi connectivity index (χ2v) is 5.19. The zero-order valence-corrected chi connectivity index (χ0v) is 9.60. The van der Waals surface area contributed by atoms with Crippen LogP contribution < -0.4 is 4.74 Å². The van der Waals surface area contributed by atoms with Crippen LogP contribution >= 0.6 is 0 Å². The summed E-state index contributed by atoms with van der Waals surface area (Å²) in [4.78, 5) is -2.05. The first-order valence-electron chi connectivity index (χ1n) is 4.18. The highest BCUT2D eigenvalue weighted by Crippen LogP contribution is 2.36. The van der Waals surface area contributed by atoms with Crippen molar-refractivity contribution in [3.63, 3.8) is 0 Å². The summed E-state index contributed by atoms with van der Waals surface area (Å²) in [7, 11) is -4.84. The van der Waals surface area contributed by atoms with E-state index in [1.807, 2.05) is 0 Å². The molecule has 0 spiro atoms.